The van der Waals surface area contributed by atoms with Gasteiger partial charge in [-0.25, -0.2) is 4.79 Å². The molecule has 1 heterocycles. The quantitative estimate of drug-likeness (QED) is 0.791. The molecule has 2 atom stereocenters. The molecule has 1 fully saturated rings. The highest BCUT2D eigenvalue weighted by Gasteiger charge is 2.26. The first-order chi connectivity index (χ1) is 9.51. The zero-order valence-electron chi connectivity index (χ0n) is 12.8. The van der Waals surface area contributed by atoms with Crippen LogP contribution in [0.15, 0.2) is 24.3 Å². The first kappa shape index (κ1) is 15.0. The van der Waals surface area contributed by atoms with Crippen molar-refractivity contribution >= 4 is 5.97 Å². The Morgan fingerprint density at radius 3 is 2.25 bits per heavy atom. The van der Waals surface area contributed by atoms with Crippen molar-refractivity contribution in [2.24, 2.45) is 0 Å². The van der Waals surface area contributed by atoms with Crippen LogP contribution in [0.2, 0.25) is 0 Å². The van der Waals surface area contributed by atoms with Gasteiger partial charge in [0.1, 0.15) is 0 Å². The van der Waals surface area contributed by atoms with Crippen LogP contribution in [0, 0.1) is 0 Å². The van der Waals surface area contributed by atoms with Crippen molar-refractivity contribution in [1.82, 2.24) is 9.80 Å². The van der Waals surface area contributed by atoms with Crippen LogP contribution >= 0.6 is 0 Å². The summed E-state index contributed by atoms with van der Waals surface area (Å²) in [6.45, 7) is 7.63. The number of methoxy groups -OCH3 is 1. The lowest BCUT2D eigenvalue weighted by atomic mass is 10.1. The molecule has 0 aromatic heterocycles. The molecule has 20 heavy (non-hydrogen) atoms. The summed E-state index contributed by atoms with van der Waals surface area (Å²) in [7, 11) is 3.60. The van der Waals surface area contributed by atoms with E-state index in [1.54, 1.807) is 0 Å². The Labute approximate surface area is 121 Å². The van der Waals surface area contributed by atoms with Crippen LogP contribution in [-0.2, 0) is 11.3 Å². The maximum absolute atomic E-state index is 11.4. The van der Waals surface area contributed by atoms with Crippen LogP contribution in [0.1, 0.15) is 29.8 Å². The molecule has 0 N–H and O–H groups in total. The van der Waals surface area contributed by atoms with Crippen molar-refractivity contribution < 1.29 is 9.53 Å². The predicted octanol–water partition coefficient (Wildman–Crippen LogP) is 2.00. The monoisotopic (exact) mass is 276 g/mol. The Morgan fingerprint density at radius 1 is 1.20 bits per heavy atom. The molecular weight excluding hydrogens is 252 g/mol. The van der Waals surface area contributed by atoms with E-state index in [4.69, 9.17) is 4.74 Å². The van der Waals surface area contributed by atoms with E-state index in [0.717, 1.165) is 19.6 Å². The number of carbonyl (C=O) groups excluding carboxylic acids is 1. The van der Waals surface area contributed by atoms with Crippen molar-refractivity contribution in [3.8, 4) is 0 Å². The Bertz CT molecular complexity index is 446. The number of hydrogen-bond acceptors (Lipinski definition) is 4. The standard InChI is InChI=1S/C16H24N2O2/c1-12-9-18(10-13(2)17(12)3)11-14-5-7-15(8-6-14)16(19)20-4/h5-8,12-13H,9-11H2,1-4H3. The zero-order chi connectivity index (χ0) is 14.7. The first-order valence-electron chi connectivity index (χ1n) is 7.12. The van der Waals surface area contributed by atoms with Crippen molar-refractivity contribution in [2.75, 3.05) is 27.2 Å². The highest BCUT2D eigenvalue weighted by molar-refractivity contribution is 5.89. The molecule has 110 valence electrons. The first-order valence-corrected chi connectivity index (χ1v) is 7.12. The van der Waals surface area contributed by atoms with E-state index in [0.29, 0.717) is 17.6 Å². The Balaban J connectivity index is 1.98. The van der Waals surface area contributed by atoms with Gasteiger partial charge < -0.3 is 4.74 Å². The van der Waals surface area contributed by atoms with E-state index in [1.165, 1.54) is 12.7 Å². The average molecular weight is 276 g/mol. The molecule has 4 heteroatoms. The SMILES string of the molecule is COC(=O)c1ccc(CN2CC(C)N(C)C(C)C2)cc1. The Kier molecular flexibility index (Phi) is 4.78. The number of nitrogens with zero attached hydrogens (tertiary/aromatic N) is 2. The van der Waals surface area contributed by atoms with Gasteiger partial charge in [-0.15, -0.1) is 0 Å². The van der Waals surface area contributed by atoms with E-state index in [1.807, 2.05) is 24.3 Å². The summed E-state index contributed by atoms with van der Waals surface area (Å²) in [6, 6.07) is 8.86. The third kappa shape index (κ3) is 3.38. The Morgan fingerprint density at radius 2 is 1.75 bits per heavy atom. The number of carbonyl (C=O) groups is 1. The van der Waals surface area contributed by atoms with E-state index in [9.17, 15) is 4.79 Å². The van der Waals surface area contributed by atoms with Crippen molar-refractivity contribution in [3.63, 3.8) is 0 Å². The minimum Gasteiger partial charge on any atom is -0.465 e. The average Bonchev–Trinajstić information content (AvgIpc) is 2.44. The van der Waals surface area contributed by atoms with Gasteiger partial charge in [-0.2, -0.15) is 0 Å². The smallest absolute Gasteiger partial charge is 0.337 e. The number of rotatable bonds is 3. The minimum absolute atomic E-state index is 0.279. The molecular formula is C16H24N2O2. The number of ether oxygens (including phenoxy) is 1. The van der Waals surface area contributed by atoms with E-state index < -0.39 is 0 Å². The maximum Gasteiger partial charge on any atom is 0.337 e. The van der Waals surface area contributed by atoms with E-state index in [-0.39, 0.29) is 5.97 Å². The topological polar surface area (TPSA) is 32.8 Å². The van der Waals surface area contributed by atoms with Gasteiger partial charge in [-0.05, 0) is 38.6 Å². The molecule has 0 radical (unpaired) electrons. The second-order valence-electron chi connectivity index (χ2n) is 5.75. The van der Waals surface area contributed by atoms with Crippen LogP contribution in [-0.4, -0.2) is 55.1 Å². The fourth-order valence-corrected chi connectivity index (χ4v) is 2.77. The molecule has 0 aliphatic carbocycles. The van der Waals surface area contributed by atoms with Crippen molar-refractivity contribution in [2.45, 2.75) is 32.5 Å². The Hall–Kier alpha value is -1.39. The van der Waals surface area contributed by atoms with Crippen LogP contribution in [0.25, 0.3) is 0 Å². The summed E-state index contributed by atoms with van der Waals surface area (Å²) in [6.07, 6.45) is 0. The summed E-state index contributed by atoms with van der Waals surface area (Å²) in [5.41, 5.74) is 1.85. The summed E-state index contributed by atoms with van der Waals surface area (Å²) < 4.78 is 4.71. The van der Waals surface area contributed by atoms with Gasteiger partial charge in [0.2, 0.25) is 0 Å². The van der Waals surface area contributed by atoms with Gasteiger partial charge in [-0.3, -0.25) is 9.80 Å². The predicted molar refractivity (Wildman–Crippen MR) is 79.7 cm³/mol. The second-order valence-corrected chi connectivity index (χ2v) is 5.75. The number of likely N-dealkylation sites (N-methyl/N-ethyl adjacent to an activating group) is 1. The van der Waals surface area contributed by atoms with Gasteiger partial charge in [0.15, 0.2) is 0 Å². The van der Waals surface area contributed by atoms with E-state index in [2.05, 4.69) is 30.7 Å². The molecule has 0 amide bonds. The van der Waals surface area contributed by atoms with Crippen LogP contribution in [0.3, 0.4) is 0 Å². The zero-order valence-corrected chi connectivity index (χ0v) is 12.8. The summed E-state index contributed by atoms with van der Waals surface area (Å²) in [5, 5.41) is 0. The highest BCUT2D eigenvalue weighted by Crippen LogP contribution is 2.16. The van der Waals surface area contributed by atoms with Gasteiger partial charge in [0.25, 0.3) is 0 Å². The number of benzene rings is 1. The maximum atomic E-state index is 11.4. The summed E-state index contributed by atoms with van der Waals surface area (Å²) >= 11 is 0. The lowest BCUT2D eigenvalue weighted by Crippen LogP contribution is -2.54. The summed E-state index contributed by atoms with van der Waals surface area (Å²) in [4.78, 5) is 16.3. The molecule has 0 bridgehead atoms. The van der Waals surface area contributed by atoms with Crippen LogP contribution in [0.4, 0.5) is 0 Å². The third-order valence-corrected chi connectivity index (χ3v) is 4.22. The lowest BCUT2D eigenvalue weighted by Gasteiger charge is -2.42. The molecule has 1 aromatic carbocycles. The van der Waals surface area contributed by atoms with Gasteiger partial charge in [0, 0.05) is 31.7 Å². The van der Waals surface area contributed by atoms with Gasteiger partial charge >= 0.3 is 5.97 Å². The molecule has 2 rings (SSSR count). The molecule has 0 spiro atoms. The number of esters is 1. The number of piperazine rings is 1. The van der Waals surface area contributed by atoms with Crippen LogP contribution in [0.5, 0.6) is 0 Å². The molecule has 1 saturated heterocycles. The fourth-order valence-electron chi connectivity index (χ4n) is 2.77. The van der Waals surface area contributed by atoms with Gasteiger partial charge in [-0.1, -0.05) is 12.1 Å². The highest BCUT2D eigenvalue weighted by atomic mass is 16.5. The minimum atomic E-state index is -0.279. The molecule has 1 aliphatic heterocycles. The van der Waals surface area contributed by atoms with Crippen molar-refractivity contribution in [3.05, 3.63) is 35.4 Å². The molecule has 1 aliphatic rings. The second kappa shape index (κ2) is 6.37. The fraction of sp³-hybridized carbons (Fsp3) is 0.562. The lowest BCUT2D eigenvalue weighted by molar-refractivity contribution is 0.0556. The molecule has 0 saturated carbocycles. The molecule has 2 unspecified atom stereocenters. The number of hydrogen-bond donors (Lipinski definition) is 0. The largest absolute Gasteiger partial charge is 0.465 e. The summed E-state index contributed by atoms with van der Waals surface area (Å²) in [5.74, 6) is -0.279. The van der Waals surface area contributed by atoms with Gasteiger partial charge in [0.05, 0.1) is 12.7 Å². The normalized spacial score (nSPS) is 24.6. The van der Waals surface area contributed by atoms with E-state index >= 15 is 0 Å². The van der Waals surface area contributed by atoms with Crippen molar-refractivity contribution in [1.29, 1.82) is 0 Å². The molecule has 4 nitrogen and oxygen atoms in total. The van der Waals surface area contributed by atoms with Crippen LogP contribution < -0.4 is 0 Å². The third-order valence-electron chi connectivity index (χ3n) is 4.22. The molecule has 1 aromatic rings.